The number of amides is 1. The highest BCUT2D eigenvalue weighted by molar-refractivity contribution is 5.94. The van der Waals surface area contributed by atoms with E-state index in [9.17, 15) is 9.59 Å². The Morgan fingerprint density at radius 2 is 2.00 bits per heavy atom. The van der Waals surface area contributed by atoms with Gasteiger partial charge in [-0.15, -0.1) is 0 Å². The van der Waals surface area contributed by atoms with Crippen molar-refractivity contribution in [3.05, 3.63) is 47.3 Å². The lowest BCUT2D eigenvalue weighted by molar-refractivity contribution is -0.0445. The SMILES string of the molecule is Cc1c(C(=O)O)cnn1-c1ccc(C(=O)N2CCO[C@H]3CCC[C@@H]32)cc1. The number of hydrogen-bond acceptors (Lipinski definition) is 4. The van der Waals surface area contributed by atoms with E-state index in [2.05, 4.69) is 5.10 Å². The fourth-order valence-corrected chi connectivity index (χ4v) is 3.97. The molecule has 2 aliphatic rings. The Morgan fingerprint density at radius 3 is 2.69 bits per heavy atom. The zero-order valence-corrected chi connectivity index (χ0v) is 14.6. The van der Waals surface area contributed by atoms with Gasteiger partial charge in [-0.25, -0.2) is 9.48 Å². The molecule has 2 heterocycles. The number of hydrogen-bond donors (Lipinski definition) is 1. The molecule has 1 saturated heterocycles. The highest BCUT2D eigenvalue weighted by atomic mass is 16.5. The van der Waals surface area contributed by atoms with Gasteiger partial charge in [0.05, 0.1) is 36.3 Å². The Kier molecular flexibility index (Phi) is 4.24. The molecule has 0 bridgehead atoms. The first-order valence-corrected chi connectivity index (χ1v) is 8.87. The van der Waals surface area contributed by atoms with E-state index in [-0.39, 0.29) is 23.6 Å². The third kappa shape index (κ3) is 2.78. The van der Waals surface area contributed by atoms with E-state index < -0.39 is 5.97 Å². The molecule has 1 aliphatic heterocycles. The Labute approximate surface area is 151 Å². The standard InChI is InChI=1S/C19H21N3O4/c1-12-15(19(24)25)11-20-22(12)14-7-5-13(6-8-14)18(23)21-9-10-26-17-4-2-3-16(17)21/h5-8,11,16-17H,2-4,9-10H2,1H3,(H,24,25)/t16-,17-/m0/s1. The van der Waals surface area contributed by atoms with Gasteiger partial charge in [0, 0.05) is 12.1 Å². The van der Waals surface area contributed by atoms with Crippen LogP contribution in [-0.4, -0.2) is 57.0 Å². The minimum atomic E-state index is -1.00. The van der Waals surface area contributed by atoms with Crippen LogP contribution in [0.4, 0.5) is 0 Å². The summed E-state index contributed by atoms with van der Waals surface area (Å²) in [7, 11) is 0. The number of fused-ring (bicyclic) bond motifs is 1. The van der Waals surface area contributed by atoms with Crippen molar-refractivity contribution < 1.29 is 19.4 Å². The summed E-state index contributed by atoms with van der Waals surface area (Å²) >= 11 is 0. The number of benzene rings is 1. The van der Waals surface area contributed by atoms with Crippen molar-refractivity contribution in [3.63, 3.8) is 0 Å². The van der Waals surface area contributed by atoms with Gasteiger partial charge in [0.15, 0.2) is 0 Å². The van der Waals surface area contributed by atoms with Crippen LogP contribution in [0, 0.1) is 6.92 Å². The molecule has 1 aromatic heterocycles. The predicted molar refractivity (Wildman–Crippen MR) is 93.7 cm³/mol. The summed E-state index contributed by atoms with van der Waals surface area (Å²) in [5.74, 6) is -0.973. The number of carbonyl (C=O) groups is 2. The second-order valence-corrected chi connectivity index (χ2v) is 6.81. The van der Waals surface area contributed by atoms with E-state index in [0.29, 0.717) is 24.4 Å². The Morgan fingerprint density at radius 1 is 1.23 bits per heavy atom. The number of carboxylic acid groups (broad SMARTS) is 1. The van der Waals surface area contributed by atoms with Crippen LogP contribution in [0.3, 0.4) is 0 Å². The maximum atomic E-state index is 12.9. The summed E-state index contributed by atoms with van der Waals surface area (Å²) in [6, 6.07) is 7.33. The summed E-state index contributed by atoms with van der Waals surface area (Å²) in [4.78, 5) is 26.0. The fourth-order valence-electron chi connectivity index (χ4n) is 3.97. The number of nitrogens with zero attached hydrogens (tertiary/aromatic N) is 3. The first-order valence-electron chi connectivity index (χ1n) is 8.87. The number of aromatic carboxylic acids is 1. The van der Waals surface area contributed by atoms with E-state index in [1.54, 1.807) is 35.9 Å². The molecule has 1 amide bonds. The van der Waals surface area contributed by atoms with Gasteiger partial charge in [-0.1, -0.05) is 0 Å². The van der Waals surface area contributed by atoms with Gasteiger partial charge in [0.1, 0.15) is 5.56 Å². The second-order valence-electron chi connectivity index (χ2n) is 6.81. The number of carbonyl (C=O) groups excluding carboxylic acids is 1. The quantitative estimate of drug-likeness (QED) is 0.913. The first kappa shape index (κ1) is 16.8. The Hall–Kier alpha value is -2.67. The topological polar surface area (TPSA) is 84.7 Å². The largest absolute Gasteiger partial charge is 0.478 e. The number of aromatic nitrogens is 2. The number of rotatable bonds is 3. The maximum Gasteiger partial charge on any atom is 0.339 e. The first-order chi connectivity index (χ1) is 12.6. The van der Waals surface area contributed by atoms with Crippen molar-refractivity contribution in [2.45, 2.75) is 38.3 Å². The highest BCUT2D eigenvalue weighted by Gasteiger charge is 2.38. The molecule has 1 N–H and O–H groups in total. The molecule has 26 heavy (non-hydrogen) atoms. The van der Waals surface area contributed by atoms with Gasteiger partial charge in [0.2, 0.25) is 0 Å². The summed E-state index contributed by atoms with van der Waals surface area (Å²) < 4.78 is 7.35. The van der Waals surface area contributed by atoms with E-state index in [1.165, 1.54) is 6.20 Å². The van der Waals surface area contributed by atoms with Crippen LogP contribution in [0.5, 0.6) is 0 Å². The van der Waals surface area contributed by atoms with Crippen LogP contribution in [0.15, 0.2) is 30.5 Å². The molecule has 2 atom stereocenters. The van der Waals surface area contributed by atoms with Crippen molar-refractivity contribution in [2.24, 2.45) is 0 Å². The third-order valence-electron chi connectivity index (χ3n) is 5.34. The average molecular weight is 355 g/mol. The van der Waals surface area contributed by atoms with Gasteiger partial charge in [0.25, 0.3) is 5.91 Å². The molecule has 2 aromatic rings. The summed E-state index contributed by atoms with van der Waals surface area (Å²) in [5, 5.41) is 13.3. The molecule has 0 radical (unpaired) electrons. The lowest BCUT2D eigenvalue weighted by atomic mass is 10.1. The average Bonchev–Trinajstić information content (AvgIpc) is 3.27. The van der Waals surface area contributed by atoms with Crippen molar-refractivity contribution >= 4 is 11.9 Å². The molecular formula is C19H21N3O4. The monoisotopic (exact) mass is 355 g/mol. The summed E-state index contributed by atoms with van der Waals surface area (Å²) in [6.07, 6.45) is 4.64. The molecule has 1 aliphatic carbocycles. The second kappa shape index (κ2) is 6.57. The summed E-state index contributed by atoms with van der Waals surface area (Å²) in [5.41, 5.74) is 2.08. The van der Waals surface area contributed by atoms with Crippen LogP contribution in [-0.2, 0) is 4.74 Å². The Balaban J connectivity index is 1.56. The number of carboxylic acids is 1. The smallest absolute Gasteiger partial charge is 0.339 e. The van der Waals surface area contributed by atoms with Crippen molar-refractivity contribution in [1.82, 2.24) is 14.7 Å². The molecule has 0 unspecified atom stereocenters. The molecular weight excluding hydrogens is 334 g/mol. The minimum absolute atomic E-state index is 0.0279. The third-order valence-corrected chi connectivity index (χ3v) is 5.34. The van der Waals surface area contributed by atoms with E-state index in [0.717, 1.165) is 24.9 Å². The molecule has 4 rings (SSSR count). The van der Waals surface area contributed by atoms with Crippen LogP contribution in [0.25, 0.3) is 5.69 Å². The van der Waals surface area contributed by atoms with Crippen LogP contribution >= 0.6 is 0 Å². The highest BCUT2D eigenvalue weighted by Crippen LogP contribution is 2.30. The normalized spacial score (nSPS) is 22.3. The molecule has 7 nitrogen and oxygen atoms in total. The lowest BCUT2D eigenvalue weighted by Gasteiger charge is -2.37. The molecule has 0 spiro atoms. The summed E-state index contributed by atoms with van der Waals surface area (Å²) in [6.45, 7) is 2.93. The predicted octanol–water partition coefficient (Wildman–Crippen LogP) is 2.27. The zero-order chi connectivity index (χ0) is 18.3. The van der Waals surface area contributed by atoms with Gasteiger partial charge in [-0.05, 0) is 50.5 Å². The van der Waals surface area contributed by atoms with Crippen LogP contribution < -0.4 is 0 Å². The maximum absolute atomic E-state index is 12.9. The number of morpholine rings is 1. The van der Waals surface area contributed by atoms with Crippen molar-refractivity contribution in [1.29, 1.82) is 0 Å². The number of ether oxygens (including phenoxy) is 1. The lowest BCUT2D eigenvalue weighted by Crippen LogP contribution is -2.51. The van der Waals surface area contributed by atoms with Crippen molar-refractivity contribution in [3.8, 4) is 5.69 Å². The fraction of sp³-hybridized carbons (Fsp3) is 0.421. The minimum Gasteiger partial charge on any atom is -0.478 e. The van der Waals surface area contributed by atoms with Crippen LogP contribution in [0.1, 0.15) is 45.7 Å². The van der Waals surface area contributed by atoms with E-state index in [1.807, 2.05) is 4.90 Å². The van der Waals surface area contributed by atoms with E-state index in [4.69, 9.17) is 9.84 Å². The molecule has 7 heteroatoms. The van der Waals surface area contributed by atoms with E-state index >= 15 is 0 Å². The van der Waals surface area contributed by atoms with Crippen LogP contribution in [0.2, 0.25) is 0 Å². The van der Waals surface area contributed by atoms with Gasteiger partial charge >= 0.3 is 5.97 Å². The van der Waals surface area contributed by atoms with Gasteiger partial charge in [-0.2, -0.15) is 5.10 Å². The molecule has 1 saturated carbocycles. The molecule has 136 valence electrons. The van der Waals surface area contributed by atoms with Gasteiger partial charge < -0.3 is 14.7 Å². The molecule has 2 fully saturated rings. The van der Waals surface area contributed by atoms with Crippen molar-refractivity contribution in [2.75, 3.05) is 13.2 Å². The zero-order valence-electron chi connectivity index (χ0n) is 14.6. The molecule has 1 aromatic carbocycles. The van der Waals surface area contributed by atoms with Gasteiger partial charge in [-0.3, -0.25) is 4.79 Å². The Bertz CT molecular complexity index is 843.